The van der Waals surface area contributed by atoms with Gasteiger partial charge >= 0.3 is 6.36 Å². The summed E-state index contributed by atoms with van der Waals surface area (Å²) in [6, 6.07) is 4.67. The molecular formula is C16H18F3N3O. The van der Waals surface area contributed by atoms with E-state index >= 15 is 0 Å². The Kier molecular flexibility index (Phi) is 4.19. The molecule has 0 unspecified atom stereocenters. The number of halogens is 3. The van der Waals surface area contributed by atoms with Crippen LogP contribution in [0.25, 0.3) is 11.1 Å². The maximum absolute atomic E-state index is 12.3. The predicted molar refractivity (Wildman–Crippen MR) is 80.9 cm³/mol. The lowest BCUT2D eigenvalue weighted by Crippen LogP contribution is -2.17. The molecular weight excluding hydrogens is 307 g/mol. The molecule has 3 rings (SSSR count). The van der Waals surface area contributed by atoms with Crippen LogP contribution in [0.15, 0.2) is 30.6 Å². The van der Waals surface area contributed by atoms with Crippen LogP contribution in [-0.2, 0) is 0 Å². The summed E-state index contributed by atoms with van der Waals surface area (Å²) in [4.78, 5) is 0. The molecule has 0 radical (unpaired) electrons. The van der Waals surface area contributed by atoms with E-state index in [9.17, 15) is 13.2 Å². The molecule has 1 saturated carbocycles. The van der Waals surface area contributed by atoms with Crippen molar-refractivity contribution in [2.75, 3.05) is 5.73 Å². The second-order valence-electron chi connectivity index (χ2n) is 5.80. The van der Waals surface area contributed by atoms with E-state index in [1.807, 2.05) is 10.9 Å². The molecule has 1 heterocycles. The fourth-order valence-electron chi connectivity index (χ4n) is 2.98. The molecule has 4 nitrogen and oxygen atoms in total. The molecule has 2 N–H and O–H groups in total. The number of ether oxygens (including phenoxy) is 1. The number of anilines is 1. The zero-order valence-corrected chi connectivity index (χ0v) is 12.5. The van der Waals surface area contributed by atoms with E-state index in [-0.39, 0.29) is 11.4 Å². The maximum Gasteiger partial charge on any atom is 0.573 e. The lowest BCUT2D eigenvalue weighted by atomic mass is 9.96. The summed E-state index contributed by atoms with van der Waals surface area (Å²) in [6.45, 7) is 0. The van der Waals surface area contributed by atoms with E-state index in [4.69, 9.17) is 5.73 Å². The SMILES string of the molecule is Nc1cc(-c2cnn(C3CCCCC3)c2)ccc1OC(F)(F)F. The Balaban J connectivity index is 1.79. The summed E-state index contributed by atoms with van der Waals surface area (Å²) < 4.78 is 42.6. The van der Waals surface area contributed by atoms with Gasteiger partial charge in [-0.3, -0.25) is 4.68 Å². The van der Waals surface area contributed by atoms with Crippen LogP contribution in [-0.4, -0.2) is 16.1 Å². The number of hydrogen-bond acceptors (Lipinski definition) is 3. The molecule has 23 heavy (non-hydrogen) atoms. The summed E-state index contributed by atoms with van der Waals surface area (Å²) in [5.74, 6) is -0.388. The Bertz CT molecular complexity index is 675. The molecule has 0 saturated heterocycles. The highest BCUT2D eigenvalue weighted by atomic mass is 19.4. The van der Waals surface area contributed by atoms with Crippen molar-refractivity contribution >= 4 is 5.69 Å². The predicted octanol–water partition coefficient (Wildman–Crippen LogP) is 4.54. The molecule has 1 aliphatic carbocycles. The van der Waals surface area contributed by atoms with E-state index in [0.717, 1.165) is 24.0 Å². The first-order valence-electron chi connectivity index (χ1n) is 7.62. The number of nitrogens with zero attached hydrogens (tertiary/aromatic N) is 2. The standard InChI is InChI=1S/C16H18F3N3O/c17-16(18,19)23-15-7-6-11(8-14(15)20)12-9-21-22(10-12)13-4-2-1-3-5-13/h6-10,13H,1-5,20H2. The van der Waals surface area contributed by atoms with Crippen molar-refractivity contribution in [3.8, 4) is 16.9 Å². The molecule has 1 aromatic heterocycles. The first-order chi connectivity index (χ1) is 10.9. The summed E-state index contributed by atoms with van der Waals surface area (Å²) in [6.07, 6.45) is 4.79. The average Bonchev–Trinajstić information content (AvgIpc) is 2.99. The van der Waals surface area contributed by atoms with Crippen LogP contribution < -0.4 is 10.5 Å². The summed E-state index contributed by atoms with van der Waals surface area (Å²) in [5, 5.41) is 4.39. The van der Waals surface area contributed by atoms with Crippen molar-refractivity contribution in [2.24, 2.45) is 0 Å². The van der Waals surface area contributed by atoms with Gasteiger partial charge in [-0.1, -0.05) is 25.3 Å². The van der Waals surface area contributed by atoms with Gasteiger partial charge in [-0.05, 0) is 30.5 Å². The van der Waals surface area contributed by atoms with Gasteiger partial charge < -0.3 is 10.5 Å². The third-order valence-electron chi connectivity index (χ3n) is 4.12. The fourth-order valence-corrected chi connectivity index (χ4v) is 2.98. The second-order valence-corrected chi connectivity index (χ2v) is 5.80. The largest absolute Gasteiger partial charge is 0.573 e. The van der Waals surface area contributed by atoms with Crippen LogP contribution in [0.5, 0.6) is 5.75 Å². The molecule has 1 aliphatic rings. The van der Waals surface area contributed by atoms with Gasteiger partial charge in [0.15, 0.2) is 5.75 Å². The van der Waals surface area contributed by atoms with Crippen molar-refractivity contribution in [2.45, 2.75) is 44.5 Å². The highest BCUT2D eigenvalue weighted by molar-refractivity contribution is 5.69. The number of benzene rings is 1. The molecule has 2 aromatic rings. The normalized spacial score (nSPS) is 16.5. The van der Waals surface area contributed by atoms with E-state index in [2.05, 4.69) is 9.84 Å². The van der Waals surface area contributed by atoms with E-state index in [1.165, 1.54) is 31.4 Å². The summed E-state index contributed by atoms with van der Waals surface area (Å²) in [5.41, 5.74) is 7.17. The second kappa shape index (κ2) is 6.14. The van der Waals surface area contributed by atoms with Crippen molar-refractivity contribution in [1.82, 2.24) is 9.78 Å². The smallest absolute Gasteiger partial charge is 0.404 e. The van der Waals surface area contributed by atoms with Crippen LogP contribution in [0.2, 0.25) is 0 Å². The molecule has 0 bridgehead atoms. The number of alkyl halides is 3. The maximum atomic E-state index is 12.3. The van der Waals surface area contributed by atoms with Crippen molar-refractivity contribution in [3.63, 3.8) is 0 Å². The number of nitrogens with two attached hydrogens (primary N) is 1. The number of nitrogen functional groups attached to an aromatic ring is 1. The number of aromatic nitrogens is 2. The average molecular weight is 325 g/mol. The van der Waals surface area contributed by atoms with Gasteiger partial charge in [-0.2, -0.15) is 5.10 Å². The van der Waals surface area contributed by atoms with Crippen molar-refractivity contribution in [3.05, 3.63) is 30.6 Å². The molecule has 124 valence electrons. The van der Waals surface area contributed by atoms with E-state index in [0.29, 0.717) is 6.04 Å². The number of hydrogen-bond donors (Lipinski definition) is 1. The lowest BCUT2D eigenvalue weighted by molar-refractivity contribution is -0.274. The molecule has 7 heteroatoms. The third kappa shape index (κ3) is 3.78. The third-order valence-corrected chi connectivity index (χ3v) is 4.12. The van der Waals surface area contributed by atoms with Crippen LogP contribution in [0.1, 0.15) is 38.1 Å². The monoisotopic (exact) mass is 325 g/mol. The first kappa shape index (κ1) is 15.7. The van der Waals surface area contributed by atoms with E-state index < -0.39 is 6.36 Å². The summed E-state index contributed by atoms with van der Waals surface area (Å²) >= 11 is 0. The molecule has 1 fully saturated rings. The molecule has 0 aliphatic heterocycles. The van der Waals surface area contributed by atoms with E-state index in [1.54, 1.807) is 12.3 Å². The minimum absolute atomic E-state index is 0.0507. The lowest BCUT2D eigenvalue weighted by Gasteiger charge is -2.21. The van der Waals surface area contributed by atoms with Gasteiger partial charge in [0, 0.05) is 11.8 Å². The van der Waals surface area contributed by atoms with Gasteiger partial charge in [-0.15, -0.1) is 13.2 Å². The topological polar surface area (TPSA) is 53.1 Å². The van der Waals surface area contributed by atoms with Crippen LogP contribution >= 0.6 is 0 Å². The first-order valence-corrected chi connectivity index (χ1v) is 7.62. The van der Waals surface area contributed by atoms with Gasteiger partial charge in [-0.25, -0.2) is 0 Å². The van der Waals surface area contributed by atoms with Crippen LogP contribution in [0, 0.1) is 0 Å². The van der Waals surface area contributed by atoms with Crippen molar-refractivity contribution < 1.29 is 17.9 Å². The summed E-state index contributed by atoms with van der Waals surface area (Å²) in [7, 11) is 0. The zero-order valence-electron chi connectivity index (χ0n) is 12.5. The Labute approximate surface area is 132 Å². The Morgan fingerprint density at radius 1 is 1.13 bits per heavy atom. The molecule has 0 amide bonds. The quantitative estimate of drug-likeness (QED) is 0.843. The van der Waals surface area contributed by atoms with Crippen LogP contribution in [0.3, 0.4) is 0 Å². The van der Waals surface area contributed by atoms with Crippen LogP contribution in [0.4, 0.5) is 18.9 Å². The molecule has 1 aromatic carbocycles. The van der Waals surface area contributed by atoms with Gasteiger partial charge in [0.25, 0.3) is 0 Å². The Morgan fingerprint density at radius 3 is 2.52 bits per heavy atom. The minimum atomic E-state index is -4.75. The van der Waals surface area contributed by atoms with Crippen molar-refractivity contribution in [1.29, 1.82) is 0 Å². The molecule has 0 spiro atoms. The highest BCUT2D eigenvalue weighted by Crippen LogP contribution is 2.33. The minimum Gasteiger partial charge on any atom is -0.404 e. The highest BCUT2D eigenvalue weighted by Gasteiger charge is 2.32. The van der Waals surface area contributed by atoms with Gasteiger partial charge in [0.05, 0.1) is 17.9 Å². The van der Waals surface area contributed by atoms with Gasteiger partial charge in [0.2, 0.25) is 0 Å². The Hall–Kier alpha value is -2.18. The molecule has 0 atom stereocenters. The Morgan fingerprint density at radius 2 is 1.87 bits per heavy atom. The fraction of sp³-hybridized carbons (Fsp3) is 0.438. The zero-order chi connectivity index (χ0) is 16.4. The van der Waals surface area contributed by atoms with Gasteiger partial charge in [0.1, 0.15) is 0 Å². The number of rotatable bonds is 3.